The van der Waals surface area contributed by atoms with Gasteiger partial charge < -0.3 is 14.8 Å². The number of hydrogen-bond acceptors (Lipinski definition) is 6. The number of methoxy groups -OCH3 is 2. The van der Waals surface area contributed by atoms with E-state index in [1.807, 2.05) is 6.07 Å². The van der Waals surface area contributed by atoms with Gasteiger partial charge in [0.15, 0.2) is 0 Å². The van der Waals surface area contributed by atoms with Gasteiger partial charge in [-0.25, -0.2) is 4.79 Å². The molecule has 7 heteroatoms. The number of carbonyl (C=O) groups is 3. The van der Waals surface area contributed by atoms with Gasteiger partial charge in [-0.3, -0.25) is 9.59 Å². The second kappa shape index (κ2) is 7.06. The first-order chi connectivity index (χ1) is 12.1. The van der Waals surface area contributed by atoms with Crippen molar-refractivity contribution in [1.82, 2.24) is 0 Å². The summed E-state index contributed by atoms with van der Waals surface area (Å²) in [5.74, 6) is -1.78. The number of benzene rings is 1. The molecule has 1 aromatic heterocycles. The minimum absolute atomic E-state index is 0.250. The van der Waals surface area contributed by atoms with E-state index in [-0.39, 0.29) is 17.4 Å². The lowest BCUT2D eigenvalue weighted by Gasteiger charge is -2.11. The van der Waals surface area contributed by atoms with Gasteiger partial charge in [0.2, 0.25) is 0 Å². The summed E-state index contributed by atoms with van der Waals surface area (Å²) in [6, 6.07) is 8.71. The fourth-order valence-corrected chi connectivity index (χ4v) is 4.26. The summed E-state index contributed by atoms with van der Waals surface area (Å²) in [5.41, 5.74) is 1.35. The van der Waals surface area contributed by atoms with E-state index in [4.69, 9.17) is 9.47 Å². The number of amides is 1. The van der Waals surface area contributed by atoms with Crippen LogP contribution in [0.5, 0.6) is 0 Å². The Balaban J connectivity index is 1.99. The van der Waals surface area contributed by atoms with E-state index >= 15 is 0 Å². The Morgan fingerprint density at radius 3 is 2.48 bits per heavy atom. The van der Waals surface area contributed by atoms with E-state index in [0.717, 1.165) is 4.88 Å². The zero-order valence-corrected chi connectivity index (χ0v) is 14.6. The molecular weight excluding hydrogens is 342 g/mol. The molecule has 130 valence electrons. The van der Waals surface area contributed by atoms with Crippen LogP contribution in [0.1, 0.15) is 43.5 Å². The average molecular weight is 359 g/mol. The molecule has 1 amide bonds. The summed E-state index contributed by atoms with van der Waals surface area (Å²) in [7, 11) is 2.60. The van der Waals surface area contributed by atoms with Crippen molar-refractivity contribution in [3.63, 3.8) is 0 Å². The summed E-state index contributed by atoms with van der Waals surface area (Å²) < 4.78 is 9.72. The molecule has 0 saturated carbocycles. The van der Waals surface area contributed by atoms with Crippen LogP contribution in [0.15, 0.2) is 30.3 Å². The monoisotopic (exact) mass is 359 g/mol. The third-order valence-electron chi connectivity index (χ3n) is 4.17. The first kappa shape index (κ1) is 17.2. The molecule has 0 radical (unpaired) electrons. The van der Waals surface area contributed by atoms with Gasteiger partial charge in [0.25, 0.3) is 5.91 Å². The number of ether oxygens (including phenoxy) is 2. The maximum absolute atomic E-state index is 12.4. The maximum Gasteiger partial charge on any atom is 0.341 e. The van der Waals surface area contributed by atoms with Crippen molar-refractivity contribution in [3.8, 4) is 0 Å². The van der Waals surface area contributed by atoms with Gasteiger partial charge in [-0.1, -0.05) is 18.2 Å². The number of rotatable bonds is 4. The Labute approximate surface area is 148 Å². The third kappa shape index (κ3) is 3.15. The van der Waals surface area contributed by atoms with E-state index in [0.29, 0.717) is 29.0 Å². The normalized spacial score (nSPS) is 15.4. The Kier molecular flexibility index (Phi) is 4.85. The molecule has 1 N–H and O–H groups in total. The van der Waals surface area contributed by atoms with Crippen molar-refractivity contribution in [2.75, 3.05) is 19.5 Å². The van der Waals surface area contributed by atoms with Crippen molar-refractivity contribution >= 4 is 34.2 Å². The summed E-state index contributed by atoms with van der Waals surface area (Å²) in [4.78, 5) is 37.7. The van der Waals surface area contributed by atoms with Gasteiger partial charge in [-0.2, -0.15) is 0 Å². The molecule has 3 rings (SSSR count). The number of esters is 2. The van der Waals surface area contributed by atoms with Gasteiger partial charge in [0.05, 0.1) is 25.7 Å². The fourth-order valence-electron chi connectivity index (χ4n) is 3.00. The molecule has 0 unspecified atom stereocenters. The van der Waals surface area contributed by atoms with E-state index in [9.17, 15) is 14.4 Å². The number of thiophene rings is 1. The van der Waals surface area contributed by atoms with Crippen LogP contribution in [-0.2, 0) is 20.7 Å². The molecule has 1 aromatic carbocycles. The van der Waals surface area contributed by atoms with Gasteiger partial charge in [-0.05, 0) is 30.5 Å². The number of anilines is 1. The Hall–Kier alpha value is -2.67. The molecule has 0 fully saturated rings. The zero-order chi connectivity index (χ0) is 18.0. The van der Waals surface area contributed by atoms with Crippen LogP contribution in [-0.4, -0.2) is 32.1 Å². The molecule has 2 aromatic rings. The molecule has 1 aliphatic carbocycles. The molecule has 0 aliphatic heterocycles. The maximum atomic E-state index is 12.4. The van der Waals surface area contributed by atoms with Crippen LogP contribution in [0.25, 0.3) is 0 Å². The number of fused-ring (bicyclic) bond motifs is 1. The van der Waals surface area contributed by atoms with Gasteiger partial charge in [0, 0.05) is 10.4 Å². The number of hydrogen-bond donors (Lipinski definition) is 1. The Morgan fingerprint density at radius 2 is 1.84 bits per heavy atom. The topological polar surface area (TPSA) is 81.7 Å². The van der Waals surface area contributed by atoms with Crippen LogP contribution in [0.3, 0.4) is 0 Å². The third-order valence-corrected chi connectivity index (χ3v) is 5.35. The van der Waals surface area contributed by atoms with E-state index < -0.39 is 11.9 Å². The lowest BCUT2D eigenvalue weighted by Crippen LogP contribution is -2.17. The van der Waals surface area contributed by atoms with Gasteiger partial charge >= 0.3 is 11.9 Å². The Bertz CT molecular complexity index is 827. The minimum atomic E-state index is -0.573. The fraction of sp³-hybridized carbons (Fsp3) is 0.278. The van der Waals surface area contributed by atoms with Gasteiger partial charge in [-0.15, -0.1) is 11.3 Å². The molecule has 6 nitrogen and oxygen atoms in total. The van der Waals surface area contributed by atoms with Crippen LogP contribution >= 0.6 is 11.3 Å². The minimum Gasteiger partial charge on any atom is -0.469 e. The van der Waals surface area contributed by atoms with Crippen molar-refractivity contribution in [3.05, 3.63) is 51.9 Å². The SMILES string of the molecule is COC(=O)c1c(NC(=O)c2ccccc2)sc2c1[C@H](C(=O)OC)CC2. The molecule has 0 saturated heterocycles. The lowest BCUT2D eigenvalue weighted by molar-refractivity contribution is -0.142. The highest BCUT2D eigenvalue weighted by molar-refractivity contribution is 7.17. The van der Waals surface area contributed by atoms with Crippen LogP contribution in [0.4, 0.5) is 5.00 Å². The van der Waals surface area contributed by atoms with Crippen molar-refractivity contribution < 1.29 is 23.9 Å². The van der Waals surface area contributed by atoms with Crippen molar-refractivity contribution in [2.45, 2.75) is 18.8 Å². The van der Waals surface area contributed by atoms with E-state index in [1.54, 1.807) is 24.3 Å². The largest absolute Gasteiger partial charge is 0.469 e. The predicted molar refractivity (Wildman–Crippen MR) is 93.1 cm³/mol. The Morgan fingerprint density at radius 1 is 1.12 bits per heavy atom. The second-order valence-corrected chi connectivity index (χ2v) is 6.67. The molecule has 1 heterocycles. The van der Waals surface area contributed by atoms with Crippen molar-refractivity contribution in [2.24, 2.45) is 0 Å². The summed E-state index contributed by atoms with van der Waals surface area (Å²) in [6.45, 7) is 0. The molecule has 0 bridgehead atoms. The molecule has 0 spiro atoms. The van der Waals surface area contributed by atoms with E-state index in [2.05, 4.69) is 5.32 Å². The molecule has 1 aliphatic rings. The van der Waals surface area contributed by atoms with Crippen molar-refractivity contribution in [1.29, 1.82) is 0 Å². The highest BCUT2D eigenvalue weighted by atomic mass is 32.1. The standard InChI is InChI=1S/C18H17NO5S/c1-23-17(21)11-8-9-12-13(11)14(18(22)24-2)16(25-12)19-15(20)10-6-4-3-5-7-10/h3-7,11H,8-9H2,1-2H3,(H,19,20)/t11-/m1/s1. The predicted octanol–water partition coefficient (Wildman–Crippen LogP) is 2.99. The van der Waals surface area contributed by atoms with Gasteiger partial charge in [0.1, 0.15) is 5.00 Å². The summed E-state index contributed by atoms with van der Waals surface area (Å²) >= 11 is 1.31. The average Bonchev–Trinajstić information content (AvgIpc) is 3.19. The highest BCUT2D eigenvalue weighted by Crippen LogP contribution is 2.45. The molecule has 1 atom stereocenters. The van der Waals surface area contributed by atoms with Crippen LogP contribution < -0.4 is 5.32 Å². The zero-order valence-electron chi connectivity index (χ0n) is 13.8. The lowest BCUT2D eigenvalue weighted by atomic mass is 9.99. The highest BCUT2D eigenvalue weighted by Gasteiger charge is 2.38. The number of nitrogens with one attached hydrogen (secondary N) is 1. The van der Waals surface area contributed by atoms with E-state index in [1.165, 1.54) is 25.6 Å². The smallest absolute Gasteiger partial charge is 0.341 e. The number of carbonyl (C=O) groups excluding carboxylic acids is 3. The number of aryl methyl sites for hydroxylation is 1. The summed E-state index contributed by atoms with van der Waals surface area (Å²) in [6.07, 6.45) is 1.25. The quantitative estimate of drug-likeness (QED) is 0.849. The molecule has 25 heavy (non-hydrogen) atoms. The second-order valence-electron chi connectivity index (χ2n) is 5.57. The molecular formula is C18H17NO5S. The first-order valence-corrected chi connectivity index (χ1v) is 8.56. The summed E-state index contributed by atoms with van der Waals surface area (Å²) in [5, 5.41) is 3.18. The van der Waals surface area contributed by atoms with Crippen LogP contribution in [0.2, 0.25) is 0 Å². The first-order valence-electron chi connectivity index (χ1n) is 7.75. The van der Waals surface area contributed by atoms with Crippen LogP contribution in [0, 0.1) is 0 Å².